The van der Waals surface area contributed by atoms with Gasteiger partial charge in [0.25, 0.3) is 0 Å². The van der Waals surface area contributed by atoms with Gasteiger partial charge in [0.1, 0.15) is 11.6 Å². The van der Waals surface area contributed by atoms with E-state index in [4.69, 9.17) is 5.73 Å². The van der Waals surface area contributed by atoms with Crippen LogP contribution in [-0.4, -0.2) is 26.5 Å². The first kappa shape index (κ1) is 15.2. The first-order valence-electron chi connectivity index (χ1n) is 6.97. The summed E-state index contributed by atoms with van der Waals surface area (Å²) in [6, 6.07) is 3.69. The molecule has 2 aromatic rings. The summed E-state index contributed by atoms with van der Waals surface area (Å²) >= 11 is 0. The quantitative estimate of drug-likeness (QED) is 0.864. The third-order valence-corrected chi connectivity index (χ3v) is 3.55. The van der Waals surface area contributed by atoms with E-state index in [1.54, 1.807) is 12.4 Å². The SMILES string of the molecule is Cc1nccn1-c1ccc(CNC(=O)C(C)C(C)N)cn1. The number of nitrogens with two attached hydrogens (primary N) is 1. The summed E-state index contributed by atoms with van der Waals surface area (Å²) in [5, 5.41) is 2.87. The van der Waals surface area contributed by atoms with Gasteiger partial charge in [-0.2, -0.15) is 0 Å². The predicted octanol–water partition coefficient (Wildman–Crippen LogP) is 1.18. The van der Waals surface area contributed by atoms with E-state index >= 15 is 0 Å². The third kappa shape index (κ3) is 3.66. The molecular formula is C15H21N5O. The Labute approximate surface area is 124 Å². The Bertz CT molecular complexity index is 603. The Morgan fingerprint density at radius 3 is 2.67 bits per heavy atom. The average Bonchev–Trinajstić information content (AvgIpc) is 2.90. The number of carbonyl (C=O) groups excluding carboxylic acids is 1. The summed E-state index contributed by atoms with van der Waals surface area (Å²) in [5.74, 6) is 1.45. The lowest BCUT2D eigenvalue weighted by atomic mass is 10.0. The molecule has 0 bridgehead atoms. The van der Waals surface area contributed by atoms with E-state index in [1.165, 1.54) is 0 Å². The average molecular weight is 287 g/mol. The highest BCUT2D eigenvalue weighted by atomic mass is 16.1. The van der Waals surface area contributed by atoms with E-state index in [2.05, 4.69) is 15.3 Å². The first-order valence-corrected chi connectivity index (χ1v) is 6.97. The van der Waals surface area contributed by atoms with Crippen molar-refractivity contribution >= 4 is 5.91 Å². The molecule has 6 nitrogen and oxygen atoms in total. The molecule has 0 saturated carbocycles. The number of nitrogens with zero attached hydrogens (tertiary/aromatic N) is 3. The van der Waals surface area contributed by atoms with E-state index in [0.29, 0.717) is 6.54 Å². The van der Waals surface area contributed by atoms with Crippen LogP contribution in [0.15, 0.2) is 30.7 Å². The van der Waals surface area contributed by atoms with Crippen molar-refractivity contribution in [3.05, 3.63) is 42.1 Å². The van der Waals surface area contributed by atoms with Gasteiger partial charge >= 0.3 is 0 Å². The largest absolute Gasteiger partial charge is 0.352 e. The number of aromatic nitrogens is 3. The van der Waals surface area contributed by atoms with Crippen molar-refractivity contribution in [2.75, 3.05) is 0 Å². The molecule has 21 heavy (non-hydrogen) atoms. The molecule has 6 heteroatoms. The van der Waals surface area contributed by atoms with Crippen molar-refractivity contribution in [1.29, 1.82) is 0 Å². The van der Waals surface area contributed by atoms with E-state index in [9.17, 15) is 4.79 Å². The first-order chi connectivity index (χ1) is 9.99. The maximum atomic E-state index is 11.8. The monoisotopic (exact) mass is 287 g/mol. The normalized spacial score (nSPS) is 13.7. The highest BCUT2D eigenvalue weighted by molar-refractivity contribution is 5.78. The van der Waals surface area contributed by atoms with Crippen LogP contribution in [0, 0.1) is 12.8 Å². The molecule has 2 atom stereocenters. The second-order valence-electron chi connectivity index (χ2n) is 5.23. The number of aryl methyl sites for hydroxylation is 1. The summed E-state index contributed by atoms with van der Waals surface area (Å²) in [4.78, 5) is 20.4. The molecule has 0 aliphatic carbocycles. The fourth-order valence-corrected chi connectivity index (χ4v) is 1.87. The number of carbonyl (C=O) groups is 1. The Hall–Kier alpha value is -2.21. The second-order valence-corrected chi connectivity index (χ2v) is 5.23. The Morgan fingerprint density at radius 2 is 2.14 bits per heavy atom. The van der Waals surface area contributed by atoms with Crippen LogP contribution < -0.4 is 11.1 Å². The van der Waals surface area contributed by atoms with Gasteiger partial charge in [-0.1, -0.05) is 13.0 Å². The molecule has 0 aromatic carbocycles. The zero-order valence-corrected chi connectivity index (χ0v) is 12.6. The molecule has 2 rings (SSSR count). The minimum absolute atomic E-state index is 0.0421. The summed E-state index contributed by atoms with van der Waals surface area (Å²) in [5.41, 5.74) is 6.66. The van der Waals surface area contributed by atoms with Crippen LogP contribution >= 0.6 is 0 Å². The fraction of sp³-hybridized carbons (Fsp3) is 0.400. The number of pyridine rings is 1. The summed E-state index contributed by atoms with van der Waals surface area (Å²) < 4.78 is 1.90. The van der Waals surface area contributed by atoms with Crippen LogP contribution in [0.25, 0.3) is 5.82 Å². The highest BCUT2D eigenvalue weighted by Crippen LogP contribution is 2.08. The summed E-state index contributed by atoms with van der Waals surface area (Å²) in [6.45, 7) is 6.02. The standard InChI is InChI=1S/C15H21N5O/c1-10(11(2)16)15(21)19-9-13-4-5-14(18-8-13)20-7-6-17-12(20)3/h4-8,10-11H,9,16H2,1-3H3,(H,19,21). The van der Waals surface area contributed by atoms with Crippen molar-refractivity contribution in [3.63, 3.8) is 0 Å². The third-order valence-electron chi connectivity index (χ3n) is 3.55. The van der Waals surface area contributed by atoms with Gasteiger partial charge in [-0.05, 0) is 25.5 Å². The summed E-state index contributed by atoms with van der Waals surface area (Å²) in [6.07, 6.45) is 5.36. The molecule has 0 aliphatic rings. The van der Waals surface area contributed by atoms with Crippen LogP contribution in [0.3, 0.4) is 0 Å². The lowest BCUT2D eigenvalue weighted by molar-refractivity contribution is -0.125. The van der Waals surface area contributed by atoms with Gasteiger partial charge in [0.2, 0.25) is 5.91 Å². The number of imidazole rings is 1. The molecule has 0 saturated heterocycles. The molecule has 0 spiro atoms. The predicted molar refractivity (Wildman–Crippen MR) is 80.8 cm³/mol. The number of nitrogens with one attached hydrogen (secondary N) is 1. The Morgan fingerprint density at radius 1 is 1.38 bits per heavy atom. The van der Waals surface area contributed by atoms with Gasteiger partial charge in [-0.25, -0.2) is 9.97 Å². The molecule has 112 valence electrons. The highest BCUT2D eigenvalue weighted by Gasteiger charge is 2.16. The lowest BCUT2D eigenvalue weighted by Crippen LogP contribution is -2.38. The van der Waals surface area contributed by atoms with Gasteiger partial charge in [-0.15, -0.1) is 0 Å². The van der Waals surface area contributed by atoms with Gasteiger partial charge < -0.3 is 11.1 Å². The van der Waals surface area contributed by atoms with Crippen molar-refractivity contribution in [3.8, 4) is 5.82 Å². The number of hydrogen-bond donors (Lipinski definition) is 2. The Balaban J connectivity index is 1.97. The molecule has 1 amide bonds. The minimum Gasteiger partial charge on any atom is -0.352 e. The molecule has 3 N–H and O–H groups in total. The molecular weight excluding hydrogens is 266 g/mol. The van der Waals surface area contributed by atoms with Crippen LogP contribution in [0.1, 0.15) is 25.2 Å². The molecule has 0 aliphatic heterocycles. The van der Waals surface area contributed by atoms with E-state index in [1.807, 2.05) is 43.7 Å². The molecule has 2 heterocycles. The second kappa shape index (κ2) is 6.49. The zero-order valence-electron chi connectivity index (χ0n) is 12.6. The maximum Gasteiger partial charge on any atom is 0.224 e. The Kier molecular flexibility index (Phi) is 4.70. The van der Waals surface area contributed by atoms with Crippen molar-refractivity contribution in [2.24, 2.45) is 11.7 Å². The van der Waals surface area contributed by atoms with Gasteiger partial charge in [0.15, 0.2) is 0 Å². The van der Waals surface area contributed by atoms with Crippen LogP contribution in [-0.2, 0) is 11.3 Å². The number of amides is 1. The van der Waals surface area contributed by atoms with Crippen molar-refractivity contribution in [1.82, 2.24) is 19.9 Å². The molecule has 2 unspecified atom stereocenters. The molecule has 2 aromatic heterocycles. The van der Waals surface area contributed by atoms with E-state index in [-0.39, 0.29) is 17.9 Å². The van der Waals surface area contributed by atoms with Crippen LogP contribution in [0.5, 0.6) is 0 Å². The fourth-order valence-electron chi connectivity index (χ4n) is 1.87. The molecule has 0 fully saturated rings. The van der Waals surface area contributed by atoms with Gasteiger partial charge in [0.05, 0.1) is 0 Å². The smallest absolute Gasteiger partial charge is 0.224 e. The van der Waals surface area contributed by atoms with Crippen LogP contribution in [0.2, 0.25) is 0 Å². The maximum absolute atomic E-state index is 11.8. The van der Waals surface area contributed by atoms with Gasteiger partial charge in [-0.3, -0.25) is 9.36 Å². The van der Waals surface area contributed by atoms with E-state index in [0.717, 1.165) is 17.2 Å². The molecule has 0 radical (unpaired) electrons. The van der Waals surface area contributed by atoms with Gasteiger partial charge in [0, 0.05) is 37.1 Å². The van der Waals surface area contributed by atoms with Crippen LogP contribution in [0.4, 0.5) is 0 Å². The summed E-state index contributed by atoms with van der Waals surface area (Å²) in [7, 11) is 0. The zero-order chi connectivity index (χ0) is 15.4. The topological polar surface area (TPSA) is 85.8 Å². The van der Waals surface area contributed by atoms with Crippen molar-refractivity contribution in [2.45, 2.75) is 33.4 Å². The minimum atomic E-state index is -0.203. The number of rotatable bonds is 5. The number of hydrogen-bond acceptors (Lipinski definition) is 4. The van der Waals surface area contributed by atoms with Crippen molar-refractivity contribution < 1.29 is 4.79 Å². The van der Waals surface area contributed by atoms with E-state index < -0.39 is 0 Å². The lowest BCUT2D eigenvalue weighted by Gasteiger charge is -2.15.